The Hall–Kier alpha value is -2.20. The smallest absolute Gasteiger partial charge is 0.328 e. The van der Waals surface area contributed by atoms with Crippen LogP contribution in [0.15, 0.2) is 29.3 Å². The average molecular weight is 556 g/mol. The van der Waals surface area contributed by atoms with Crippen molar-refractivity contribution in [3.63, 3.8) is 0 Å². The second kappa shape index (κ2) is 13.4. The zero-order chi connectivity index (χ0) is 25.2. The van der Waals surface area contributed by atoms with Crippen molar-refractivity contribution in [2.45, 2.75) is 49.1 Å². The van der Waals surface area contributed by atoms with E-state index < -0.39 is 61.4 Å². The minimum Gasteiger partial charge on any atom is -0.412 e. The lowest BCUT2D eigenvalue weighted by molar-refractivity contribution is -0.0550. The van der Waals surface area contributed by atoms with Gasteiger partial charge in [-0.2, -0.15) is 0 Å². The summed E-state index contributed by atoms with van der Waals surface area (Å²) in [6.45, 7) is -0.823. The molecule has 2 aliphatic rings. The lowest BCUT2D eigenvalue weighted by Crippen LogP contribution is -2.35. The molecule has 4 rings (SSSR count). The first-order valence-corrected chi connectivity index (χ1v) is 10.8. The quantitative estimate of drug-likeness (QED) is 0.166. The van der Waals surface area contributed by atoms with Crippen molar-refractivity contribution in [1.82, 2.24) is 19.1 Å². The fourth-order valence-electron chi connectivity index (χ4n) is 3.47. The Morgan fingerprint density at radius 2 is 1.36 bits per heavy atom. The molecule has 0 aliphatic carbocycles. The van der Waals surface area contributed by atoms with Gasteiger partial charge in [-0.25, -0.2) is 9.78 Å². The Morgan fingerprint density at radius 3 is 1.78 bits per heavy atom. The normalized spacial score (nSPS) is 31.1. The lowest BCUT2D eigenvalue weighted by atomic mass is 10.1. The molecule has 8 atom stereocenters. The Kier molecular flexibility index (Phi) is 11.8. The Labute approximate surface area is 213 Å². The molecule has 0 radical (unpaired) electrons. The molecule has 2 fully saturated rings. The number of aliphatic hydroxyl groups is 6. The van der Waals surface area contributed by atoms with Crippen LogP contribution in [0.1, 0.15) is 12.5 Å². The summed E-state index contributed by atoms with van der Waals surface area (Å²) >= 11 is 9.75. The largest absolute Gasteiger partial charge is 0.412 e. The molecule has 2 aliphatic heterocycles. The van der Waals surface area contributed by atoms with Crippen molar-refractivity contribution in [1.29, 1.82) is 0 Å². The highest BCUT2D eigenvalue weighted by Crippen LogP contribution is 2.29. The second-order valence-electron chi connectivity index (χ2n) is 7.52. The zero-order valence-corrected chi connectivity index (χ0v) is 20.1. The van der Waals surface area contributed by atoms with E-state index in [2.05, 4.69) is 9.97 Å². The van der Waals surface area contributed by atoms with Gasteiger partial charge in [-0.15, -0.1) is 0 Å². The number of H-pyrrole nitrogens is 1. The van der Waals surface area contributed by atoms with Gasteiger partial charge in [0.15, 0.2) is 12.5 Å². The van der Waals surface area contributed by atoms with Crippen LogP contribution < -0.4 is 11.4 Å². The van der Waals surface area contributed by atoms with E-state index in [0.29, 0.717) is 0 Å². The predicted molar refractivity (Wildman–Crippen MR) is 127 cm³/mol. The van der Waals surface area contributed by atoms with E-state index in [1.807, 2.05) is 0 Å². The molecule has 36 heavy (non-hydrogen) atoms. The number of aromatic nitrogens is 4. The number of nitrogen functional groups attached to an aromatic ring is 1. The summed E-state index contributed by atoms with van der Waals surface area (Å²) in [5.41, 5.74) is 4.91. The number of rotatable bonds is 4. The molecule has 2 aromatic rings. The number of aliphatic hydroxyl groups excluding tert-OH is 6. The average Bonchev–Trinajstić information content (AvgIpc) is 3.24. The molecule has 0 aromatic carbocycles. The third-order valence-electron chi connectivity index (χ3n) is 5.29. The summed E-state index contributed by atoms with van der Waals surface area (Å²) in [7, 11) is 0. The van der Waals surface area contributed by atoms with Crippen LogP contribution in [0.3, 0.4) is 0 Å². The molecular weight excluding hydrogens is 526 g/mol. The number of aromatic amines is 1. The Bertz CT molecular complexity index is 1160. The van der Waals surface area contributed by atoms with Crippen molar-refractivity contribution < 1.29 is 51.1 Å². The maximum Gasteiger partial charge on any atom is 0.328 e. The first kappa shape index (κ1) is 31.8. The highest BCUT2D eigenvalue weighted by Gasteiger charge is 2.44. The number of hydrogen-bond acceptors (Lipinski definition) is 13. The third kappa shape index (κ3) is 6.56. The number of nitrogens with one attached hydrogen (secondary N) is 1. The maximum absolute atomic E-state index is 11.6. The van der Waals surface area contributed by atoms with Crippen LogP contribution in [0, 0.1) is 9.41 Å². The van der Waals surface area contributed by atoms with Gasteiger partial charge in [0.1, 0.15) is 47.1 Å². The Morgan fingerprint density at radius 1 is 0.889 bits per heavy atom. The molecule has 0 unspecified atom stereocenters. The number of nitrogens with zero attached hydrogens (tertiary/aromatic N) is 3. The van der Waals surface area contributed by atoms with Gasteiger partial charge in [-0.1, -0.05) is 12.2 Å². The van der Waals surface area contributed by atoms with Gasteiger partial charge in [-0.05, 0) is 24.4 Å². The minimum absolute atomic E-state index is 0. The number of anilines is 1. The van der Waals surface area contributed by atoms with E-state index >= 15 is 0 Å². The van der Waals surface area contributed by atoms with Gasteiger partial charge in [-0.3, -0.25) is 14.1 Å². The fourth-order valence-corrected chi connectivity index (χ4v) is 3.89. The summed E-state index contributed by atoms with van der Waals surface area (Å²) in [6, 6.07) is 2.97. The SMILES string of the molecule is Nc1ccn([C@@H]2O[C@H](CO)[C@@H](O)[C@H]2O)c(=S)n1.O.O.O=c1[nH]c(=S)ccn1[C@@H]1O[C@H](CO)[C@@H](O)[C@H]1O. The molecule has 0 spiro atoms. The van der Waals surface area contributed by atoms with Crippen LogP contribution in [0.5, 0.6) is 0 Å². The maximum atomic E-state index is 11.6. The molecule has 13 N–H and O–H groups in total. The van der Waals surface area contributed by atoms with Crippen molar-refractivity contribution in [3.05, 3.63) is 44.4 Å². The molecule has 204 valence electrons. The van der Waals surface area contributed by atoms with Gasteiger partial charge < -0.3 is 56.8 Å². The summed E-state index contributed by atoms with van der Waals surface area (Å²) < 4.78 is 13.4. The van der Waals surface area contributed by atoms with Crippen molar-refractivity contribution >= 4 is 30.3 Å². The van der Waals surface area contributed by atoms with E-state index in [0.717, 1.165) is 4.57 Å². The first-order chi connectivity index (χ1) is 16.1. The van der Waals surface area contributed by atoms with E-state index in [9.17, 15) is 25.2 Å². The summed E-state index contributed by atoms with van der Waals surface area (Å²) in [5, 5.41) is 56.6. The standard InChI is InChI=1S/C9H13N3O4S.C9H12N2O5S.2H2O/c10-5-1-2-12(9(17)11-5)8-7(15)6(14)4(3-13)16-8;12-3-4-6(13)7(14)8(16-4)11-2-1-5(17)10-9(11)15;;/h1-2,4,6-8,13-15H,3H2,(H2,10,11,17);1-2,4,6-8,12-14H,3H2,(H,10,15,17);2*1H2/t2*4-,6-,7-,8-;;/m11../s1. The van der Waals surface area contributed by atoms with Crippen molar-refractivity contribution in [2.24, 2.45) is 0 Å². The van der Waals surface area contributed by atoms with Crippen molar-refractivity contribution in [3.8, 4) is 0 Å². The molecule has 0 saturated carbocycles. The summed E-state index contributed by atoms with van der Waals surface area (Å²) in [5.74, 6) is 0.262. The Balaban J connectivity index is 0.000000341. The minimum atomic E-state index is -1.28. The van der Waals surface area contributed by atoms with E-state index in [-0.39, 0.29) is 32.8 Å². The molecule has 2 saturated heterocycles. The second-order valence-corrected chi connectivity index (χ2v) is 8.32. The van der Waals surface area contributed by atoms with Crippen LogP contribution in [-0.4, -0.2) is 111 Å². The van der Waals surface area contributed by atoms with Gasteiger partial charge >= 0.3 is 5.69 Å². The molecule has 4 heterocycles. The van der Waals surface area contributed by atoms with Crippen LogP contribution >= 0.6 is 24.4 Å². The molecule has 0 amide bonds. The topological polar surface area (TPSA) is 284 Å². The van der Waals surface area contributed by atoms with Gasteiger partial charge in [0.25, 0.3) is 0 Å². The van der Waals surface area contributed by atoms with Crippen LogP contribution in [0.25, 0.3) is 0 Å². The molecule has 2 aromatic heterocycles. The van der Waals surface area contributed by atoms with Gasteiger partial charge in [0.2, 0.25) is 4.77 Å². The summed E-state index contributed by atoms with van der Waals surface area (Å²) in [6.07, 6.45) is -5.64. The van der Waals surface area contributed by atoms with Crippen LogP contribution in [0.2, 0.25) is 0 Å². The highest BCUT2D eigenvalue weighted by molar-refractivity contribution is 7.71. The number of hydrogen-bond donors (Lipinski definition) is 8. The fraction of sp³-hybridized carbons (Fsp3) is 0.556. The van der Waals surface area contributed by atoms with Crippen LogP contribution in [0.4, 0.5) is 5.82 Å². The van der Waals surface area contributed by atoms with Crippen molar-refractivity contribution in [2.75, 3.05) is 18.9 Å². The first-order valence-electron chi connectivity index (χ1n) is 10.00. The van der Waals surface area contributed by atoms with Gasteiger partial charge in [0, 0.05) is 12.4 Å². The summed E-state index contributed by atoms with van der Waals surface area (Å²) in [4.78, 5) is 17.8. The molecule has 0 bridgehead atoms. The molecule has 18 heteroatoms. The zero-order valence-electron chi connectivity index (χ0n) is 18.5. The lowest BCUT2D eigenvalue weighted by Gasteiger charge is -2.18. The monoisotopic (exact) mass is 555 g/mol. The van der Waals surface area contributed by atoms with E-state index in [1.54, 1.807) is 0 Å². The predicted octanol–water partition coefficient (Wildman–Crippen LogP) is -4.33. The van der Waals surface area contributed by atoms with Gasteiger partial charge in [0.05, 0.1) is 13.2 Å². The molecule has 16 nitrogen and oxygen atoms in total. The third-order valence-corrected chi connectivity index (χ3v) is 5.83. The highest BCUT2D eigenvalue weighted by atomic mass is 32.1. The van der Waals surface area contributed by atoms with Crippen LogP contribution in [-0.2, 0) is 9.47 Å². The van der Waals surface area contributed by atoms with E-state index in [1.165, 1.54) is 29.1 Å². The molecular formula is C18H29N5O11S2. The van der Waals surface area contributed by atoms with E-state index in [4.69, 9.17) is 49.9 Å². The number of nitrogens with two attached hydrogens (primary N) is 1. The number of ether oxygens (including phenoxy) is 2.